The SMILES string of the molecule is O=C(CC1CCCC1)Nc1cccc(C(=O)N2CCC(CO)CC2)c1. The monoisotopic (exact) mass is 344 g/mol. The number of hydrogen-bond donors (Lipinski definition) is 2. The Morgan fingerprint density at radius 1 is 1.08 bits per heavy atom. The minimum absolute atomic E-state index is 0.00304. The Bertz CT molecular complexity index is 603. The first kappa shape index (κ1) is 17.9. The van der Waals surface area contributed by atoms with Crippen LogP contribution >= 0.6 is 0 Å². The lowest BCUT2D eigenvalue weighted by Gasteiger charge is -2.31. The van der Waals surface area contributed by atoms with Gasteiger partial charge in [0.15, 0.2) is 0 Å². The molecule has 1 aliphatic carbocycles. The average molecular weight is 344 g/mol. The van der Waals surface area contributed by atoms with Crippen molar-refractivity contribution in [3.05, 3.63) is 29.8 Å². The van der Waals surface area contributed by atoms with E-state index >= 15 is 0 Å². The van der Waals surface area contributed by atoms with Crippen LogP contribution in [0, 0.1) is 11.8 Å². The second-order valence-corrected chi connectivity index (χ2v) is 7.40. The Balaban J connectivity index is 1.57. The molecule has 1 aromatic carbocycles. The summed E-state index contributed by atoms with van der Waals surface area (Å²) in [6.45, 7) is 1.56. The van der Waals surface area contributed by atoms with E-state index in [0.29, 0.717) is 42.6 Å². The molecule has 0 bridgehead atoms. The molecule has 25 heavy (non-hydrogen) atoms. The molecule has 0 radical (unpaired) electrons. The van der Waals surface area contributed by atoms with Gasteiger partial charge in [0.1, 0.15) is 0 Å². The summed E-state index contributed by atoms with van der Waals surface area (Å²) in [6.07, 6.45) is 7.03. The zero-order chi connectivity index (χ0) is 17.6. The molecule has 2 amide bonds. The number of hydrogen-bond acceptors (Lipinski definition) is 3. The first-order chi connectivity index (χ1) is 12.2. The second kappa shape index (κ2) is 8.48. The molecule has 1 saturated carbocycles. The van der Waals surface area contributed by atoms with Crippen molar-refractivity contribution in [2.75, 3.05) is 25.0 Å². The van der Waals surface area contributed by atoms with Crippen LogP contribution in [0.5, 0.6) is 0 Å². The van der Waals surface area contributed by atoms with Crippen LogP contribution in [-0.4, -0.2) is 41.5 Å². The van der Waals surface area contributed by atoms with Gasteiger partial charge in [-0.25, -0.2) is 0 Å². The van der Waals surface area contributed by atoms with E-state index in [1.807, 2.05) is 17.0 Å². The van der Waals surface area contributed by atoms with Crippen molar-refractivity contribution in [1.29, 1.82) is 0 Å². The molecule has 1 heterocycles. The summed E-state index contributed by atoms with van der Waals surface area (Å²) in [5, 5.41) is 12.2. The highest BCUT2D eigenvalue weighted by molar-refractivity contribution is 5.97. The van der Waals surface area contributed by atoms with Crippen LogP contribution in [0.3, 0.4) is 0 Å². The number of nitrogens with one attached hydrogen (secondary N) is 1. The maximum Gasteiger partial charge on any atom is 0.253 e. The van der Waals surface area contributed by atoms with Crippen molar-refractivity contribution in [1.82, 2.24) is 4.90 Å². The Hall–Kier alpha value is -1.88. The van der Waals surface area contributed by atoms with Gasteiger partial charge in [-0.2, -0.15) is 0 Å². The third-order valence-corrected chi connectivity index (χ3v) is 5.50. The summed E-state index contributed by atoms with van der Waals surface area (Å²) in [5.74, 6) is 0.867. The van der Waals surface area contributed by atoms with Crippen LogP contribution in [0.25, 0.3) is 0 Å². The van der Waals surface area contributed by atoms with E-state index in [-0.39, 0.29) is 18.4 Å². The van der Waals surface area contributed by atoms with E-state index in [1.165, 1.54) is 12.8 Å². The molecule has 1 saturated heterocycles. The smallest absolute Gasteiger partial charge is 0.253 e. The normalized spacial score (nSPS) is 19.2. The van der Waals surface area contributed by atoms with Gasteiger partial charge in [-0.3, -0.25) is 9.59 Å². The van der Waals surface area contributed by atoms with Crippen molar-refractivity contribution in [2.24, 2.45) is 11.8 Å². The van der Waals surface area contributed by atoms with Gasteiger partial charge in [-0.05, 0) is 55.7 Å². The molecule has 5 heteroatoms. The molecular formula is C20H28N2O3. The van der Waals surface area contributed by atoms with Crippen molar-refractivity contribution >= 4 is 17.5 Å². The van der Waals surface area contributed by atoms with Crippen LogP contribution in [0.15, 0.2) is 24.3 Å². The lowest BCUT2D eigenvalue weighted by Crippen LogP contribution is -2.39. The fraction of sp³-hybridized carbons (Fsp3) is 0.600. The van der Waals surface area contributed by atoms with Crippen molar-refractivity contribution in [3.8, 4) is 0 Å². The molecule has 2 fully saturated rings. The first-order valence-corrected chi connectivity index (χ1v) is 9.45. The molecule has 5 nitrogen and oxygen atoms in total. The van der Waals surface area contributed by atoms with E-state index in [4.69, 9.17) is 0 Å². The largest absolute Gasteiger partial charge is 0.396 e. The number of amides is 2. The second-order valence-electron chi connectivity index (χ2n) is 7.40. The maximum absolute atomic E-state index is 12.7. The lowest BCUT2D eigenvalue weighted by atomic mass is 9.97. The summed E-state index contributed by atoms with van der Waals surface area (Å²) in [4.78, 5) is 26.7. The molecule has 2 N–H and O–H groups in total. The maximum atomic E-state index is 12.7. The van der Waals surface area contributed by atoms with Crippen LogP contribution in [0.2, 0.25) is 0 Å². The van der Waals surface area contributed by atoms with Gasteiger partial charge in [-0.1, -0.05) is 18.9 Å². The molecule has 2 aliphatic rings. The Kier molecular flexibility index (Phi) is 6.08. The fourth-order valence-corrected chi connectivity index (χ4v) is 3.92. The molecule has 1 aromatic rings. The van der Waals surface area contributed by atoms with Gasteiger partial charge in [0.05, 0.1) is 0 Å². The number of carbonyl (C=O) groups excluding carboxylic acids is 2. The number of nitrogens with zero attached hydrogens (tertiary/aromatic N) is 1. The summed E-state index contributed by atoms with van der Waals surface area (Å²) < 4.78 is 0. The summed E-state index contributed by atoms with van der Waals surface area (Å²) in [5.41, 5.74) is 1.31. The lowest BCUT2D eigenvalue weighted by molar-refractivity contribution is -0.117. The van der Waals surface area contributed by atoms with E-state index in [2.05, 4.69) is 5.32 Å². The van der Waals surface area contributed by atoms with Gasteiger partial charge in [0.25, 0.3) is 5.91 Å². The summed E-state index contributed by atoms with van der Waals surface area (Å²) in [6, 6.07) is 7.22. The van der Waals surface area contributed by atoms with Gasteiger partial charge >= 0.3 is 0 Å². The van der Waals surface area contributed by atoms with Crippen LogP contribution in [0.4, 0.5) is 5.69 Å². The fourth-order valence-electron chi connectivity index (χ4n) is 3.92. The highest BCUT2D eigenvalue weighted by Crippen LogP contribution is 2.28. The number of carbonyl (C=O) groups is 2. The quantitative estimate of drug-likeness (QED) is 0.862. The van der Waals surface area contributed by atoms with Gasteiger partial charge in [0.2, 0.25) is 5.91 Å². The molecule has 0 spiro atoms. The Labute approximate surface area is 149 Å². The minimum atomic E-state index is 0.00304. The number of aliphatic hydroxyl groups is 1. The van der Waals surface area contributed by atoms with Crippen molar-refractivity contribution < 1.29 is 14.7 Å². The van der Waals surface area contributed by atoms with E-state index in [9.17, 15) is 14.7 Å². The Morgan fingerprint density at radius 2 is 1.80 bits per heavy atom. The topological polar surface area (TPSA) is 69.6 Å². The highest BCUT2D eigenvalue weighted by atomic mass is 16.3. The summed E-state index contributed by atoms with van der Waals surface area (Å²) in [7, 11) is 0. The third kappa shape index (κ3) is 4.82. The molecule has 3 rings (SSSR count). The number of benzene rings is 1. The standard InChI is InChI=1S/C20H28N2O3/c23-14-16-8-10-22(11-9-16)20(25)17-6-3-7-18(13-17)21-19(24)12-15-4-1-2-5-15/h3,6-7,13,15-16,23H,1-2,4-5,8-12,14H2,(H,21,24). The number of piperidine rings is 1. The van der Waals surface area contributed by atoms with Gasteiger partial charge < -0.3 is 15.3 Å². The first-order valence-electron chi connectivity index (χ1n) is 9.45. The van der Waals surface area contributed by atoms with E-state index in [0.717, 1.165) is 25.7 Å². The number of aliphatic hydroxyl groups excluding tert-OH is 1. The molecule has 136 valence electrons. The predicted molar refractivity (Wildman–Crippen MR) is 97.4 cm³/mol. The highest BCUT2D eigenvalue weighted by Gasteiger charge is 2.23. The molecular weight excluding hydrogens is 316 g/mol. The minimum Gasteiger partial charge on any atom is -0.396 e. The molecule has 0 atom stereocenters. The third-order valence-electron chi connectivity index (χ3n) is 5.50. The van der Waals surface area contributed by atoms with Gasteiger partial charge in [0, 0.05) is 37.4 Å². The van der Waals surface area contributed by atoms with Gasteiger partial charge in [-0.15, -0.1) is 0 Å². The zero-order valence-electron chi connectivity index (χ0n) is 14.7. The van der Waals surface area contributed by atoms with Crippen LogP contribution in [-0.2, 0) is 4.79 Å². The van der Waals surface area contributed by atoms with Crippen LogP contribution < -0.4 is 5.32 Å². The average Bonchev–Trinajstić information content (AvgIpc) is 3.14. The molecule has 0 unspecified atom stereocenters. The zero-order valence-corrected chi connectivity index (χ0v) is 14.7. The summed E-state index contributed by atoms with van der Waals surface area (Å²) >= 11 is 0. The number of anilines is 1. The molecule has 0 aromatic heterocycles. The number of rotatable bonds is 5. The number of likely N-dealkylation sites (tertiary alicyclic amines) is 1. The van der Waals surface area contributed by atoms with E-state index in [1.54, 1.807) is 12.1 Å². The van der Waals surface area contributed by atoms with E-state index < -0.39 is 0 Å². The Morgan fingerprint density at radius 3 is 2.48 bits per heavy atom. The predicted octanol–water partition coefficient (Wildman–Crippen LogP) is 3.05. The molecule has 1 aliphatic heterocycles. The van der Waals surface area contributed by atoms with Crippen molar-refractivity contribution in [3.63, 3.8) is 0 Å². The van der Waals surface area contributed by atoms with Crippen LogP contribution in [0.1, 0.15) is 55.3 Å². The van der Waals surface area contributed by atoms with Crippen molar-refractivity contribution in [2.45, 2.75) is 44.9 Å².